The van der Waals surface area contributed by atoms with Gasteiger partial charge in [-0.1, -0.05) is 13.0 Å². The van der Waals surface area contributed by atoms with Gasteiger partial charge in [0.25, 0.3) is 11.8 Å². The van der Waals surface area contributed by atoms with Crippen LogP contribution in [-0.2, 0) is 6.42 Å². The van der Waals surface area contributed by atoms with E-state index in [1.807, 2.05) is 13.8 Å². The molecule has 1 aliphatic rings. The average molecular weight is 374 g/mol. The van der Waals surface area contributed by atoms with E-state index in [9.17, 15) is 14.7 Å². The second-order valence-electron chi connectivity index (χ2n) is 6.26. The SMILES string of the molecule is CCc1nc(C)sc1C(=O)N[C@@H]1CCN(C(=O)c2ccccn2)C[C@H]1O. The van der Waals surface area contributed by atoms with Gasteiger partial charge in [0, 0.05) is 19.3 Å². The summed E-state index contributed by atoms with van der Waals surface area (Å²) in [7, 11) is 0. The number of β-amino-alcohol motifs (C(OH)–C–C–N with tert-alkyl or cyclic N) is 1. The Kier molecular flexibility index (Phi) is 5.63. The Morgan fingerprint density at radius 3 is 2.88 bits per heavy atom. The highest BCUT2D eigenvalue weighted by Crippen LogP contribution is 2.20. The first-order valence-corrected chi connectivity index (χ1v) is 9.46. The Morgan fingerprint density at radius 2 is 2.23 bits per heavy atom. The van der Waals surface area contributed by atoms with Gasteiger partial charge in [-0.05, 0) is 31.9 Å². The number of hydrogen-bond donors (Lipinski definition) is 2. The lowest BCUT2D eigenvalue weighted by atomic mass is 10.0. The molecule has 0 unspecified atom stereocenters. The molecule has 2 aromatic rings. The summed E-state index contributed by atoms with van der Waals surface area (Å²) in [6.45, 7) is 4.46. The Labute approximate surface area is 156 Å². The molecule has 26 heavy (non-hydrogen) atoms. The zero-order valence-corrected chi connectivity index (χ0v) is 15.6. The number of aliphatic hydroxyl groups is 1. The molecule has 8 heteroatoms. The van der Waals surface area contributed by atoms with Crippen LogP contribution in [0.5, 0.6) is 0 Å². The normalized spacial score (nSPS) is 20.0. The Morgan fingerprint density at radius 1 is 1.42 bits per heavy atom. The second-order valence-corrected chi connectivity index (χ2v) is 7.47. The molecular formula is C18H22N4O3S. The Hall–Kier alpha value is -2.32. The minimum absolute atomic E-state index is 0.169. The van der Waals surface area contributed by atoms with Gasteiger partial charge in [0.05, 0.1) is 22.8 Å². The van der Waals surface area contributed by atoms with E-state index in [-0.39, 0.29) is 24.4 Å². The third-order valence-corrected chi connectivity index (χ3v) is 5.43. The molecule has 3 rings (SSSR count). The molecule has 0 aromatic carbocycles. The number of likely N-dealkylation sites (tertiary alicyclic amines) is 1. The fourth-order valence-corrected chi connectivity index (χ4v) is 3.97. The Bertz CT molecular complexity index is 793. The summed E-state index contributed by atoms with van der Waals surface area (Å²) >= 11 is 1.36. The predicted molar refractivity (Wildman–Crippen MR) is 98.2 cm³/mol. The summed E-state index contributed by atoms with van der Waals surface area (Å²) in [4.78, 5) is 35.6. The second kappa shape index (κ2) is 7.92. The first-order valence-electron chi connectivity index (χ1n) is 8.65. The van der Waals surface area contributed by atoms with E-state index in [0.29, 0.717) is 30.0 Å². The quantitative estimate of drug-likeness (QED) is 0.844. The molecule has 2 atom stereocenters. The molecule has 2 amide bonds. The maximum Gasteiger partial charge on any atom is 0.272 e. The number of carbonyl (C=O) groups excluding carboxylic acids is 2. The largest absolute Gasteiger partial charge is 0.389 e. The van der Waals surface area contributed by atoms with E-state index < -0.39 is 6.10 Å². The summed E-state index contributed by atoms with van der Waals surface area (Å²) in [5.41, 5.74) is 1.14. The molecule has 1 aliphatic heterocycles. The van der Waals surface area contributed by atoms with Crippen molar-refractivity contribution in [3.63, 3.8) is 0 Å². The molecule has 3 heterocycles. The highest BCUT2D eigenvalue weighted by Gasteiger charge is 2.32. The first-order chi connectivity index (χ1) is 12.5. The molecule has 1 saturated heterocycles. The number of thiazole rings is 1. The zero-order chi connectivity index (χ0) is 18.7. The predicted octanol–water partition coefficient (Wildman–Crippen LogP) is 1.41. The van der Waals surface area contributed by atoms with Crippen molar-refractivity contribution in [2.45, 2.75) is 38.8 Å². The van der Waals surface area contributed by atoms with Gasteiger partial charge in [-0.15, -0.1) is 11.3 Å². The third kappa shape index (κ3) is 3.91. The monoisotopic (exact) mass is 374 g/mol. The van der Waals surface area contributed by atoms with E-state index in [1.54, 1.807) is 29.3 Å². The van der Waals surface area contributed by atoms with Crippen LogP contribution in [0.1, 0.15) is 44.2 Å². The van der Waals surface area contributed by atoms with Crippen molar-refractivity contribution in [2.75, 3.05) is 13.1 Å². The number of nitrogens with one attached hydrogen (secondary N) is 1. The van der Waals surface area contributed by atoms with E-state index >= 15 is 0 Å². The molecule has 138 valence electrons. The summed E-state index contributed by atoms with van der Waals surface area (Å²) in [6.07, 6.45) is 1.93. The Balaban J connectivity index is 1.62. The fourth-order valence-electron chi connectivity index (χ4n) is 3.06. The van der Waals surface area contributed by atoms with Crippen molar-refractivity contribution in [2.24, 2.45) is 0 Å². The lowest BCUT2D eigenvalue weighted by Crippen LogP contribution is -2.55. The minimum atomic E-state index is -0.820. The summed E-state index contributed by atoms with van der Waals surface area (Å²) < 4.78 is 0. The van der Waals surface area contributed by atoms with Crippen LogP contribution < -0.4 is 5.32 Å². The summed E-state index contributed by atoms with van der Waals surface area (Å²) in [6, 6.07) is 4.77. The van der Waals surface area contributed by atoms with Gasteiger partial charge in [0.1, 0.15) is 10.6 Å². The van der Waals surface area contributed by atoms with Crippen LogP contribution in [0.3, 0.4) is 0 Å². The molecule has 0 aliphatic carbocycles. The number of aromatic nitrogens is 2. The van der Waals surface area contributed by atoms with Crippen molar-refractivity contribution >= 4 is 23.2 Å². The van der Waals surface area contributed by atoms with E-state index in [2.05, 4.69) is 15.3 Å². The van der Waals surface area contributed by atoms with Crippen molar-refractivity contribution in [3.05, 3.63) is 45.7 Å². The summed E-state index contributed by atoms with van der Waals surface area (Å²) in [5, 5.41) is 14.2. The minimum Gasteiger partial charge on any atom is -0.389 e. The number of amides is 2. The van der Waals surface area contributed by atoms with Crippen LogP contribution in [0.4, 0.5) is 0 Å². The maximum atomic E-state index is 12.5. The molecule has 0 saturated carbocycles. The number of pyridine rings is 1. The average Bonchev–Trinajstić information content (AvgIpc) is 3.04. The van der Waals surface area contributed by atoms with Crippen molar-refractivity contribution in [3.8, 4) is 0 Å². The number of aryl methyl sites for hydroxylation is 2. The number of carbonyl (C=O) groups is 2. The zero-order valence-electron chi connectivity index (χ0n) is 14.8. The lowest BCUT2D eigenvalue weighted by Gasteiger charge is -2.36. The van der Waals surface area contributed by atoms with Crippen molar-refractivity contribution < 1.29 is 14.7 Å². The lowest BCUT2D eigenvalue weighted by molar-refractivity contribution is 0.0312. The number of hydrogen-bond acceptors (Lipinski definition) is 6. The molecule has 0 spiro atoms. The van der Waals surface area contributed by atoms with Crippen LogP contribution in [-0.4, -0.2) is 57.0 Å². The molecule has 0 radical (unpaired) electrons. The van der Waals surface area contributed by atoms with Crippen LogP contribution >= 0.6 is 11.3 Å². The van der Waals surface area contributed by atoms with E-state index in [4.69, 9.17) is 0 Å². The van der Waals surface area contributed by atoms with Gasteiger partial charge in [0.2, 0.25) is 0 Å². The van der Waals surface area contributed by atoms with Gasteiger partial charge in [-0.2, -0.15) is 0 Å². The van der Waals surface area contributed by atoms with Gasteiger partial charge in [0.15, 0.2) is 0 Å². The first kappa shape index (κ1) is 18.5. The van der Waals surface area contributed by atoms with Gasteiger partial charge >= 0.3 is 0 Å². The smallest absolute Gasteiger partial charge is 0.272 e. The standard InChI is InChI=1S/C18H22N4O3S/c1-3-12-16(26-11(2)20-12)17(24)21-13-7-9-22(10-15(13)23)18(25)14-6-4-5-8-19-14/h4-6,8,13,15,23H,3,7,9-10H2,1-2H3,(H,21,24)/t13-,15-/m1/s1. The molecular weight excluding hydrogens is 352 g/mol. The van der Waals surface area contributed by atoms with Crippen molar-refractivity contribution in [1.82, 2.24) is 20.2 Å². The van der Waals surface area contributed by atoms with Gasteiger partial charge in [-0.25, -0.2) is 4.98 Å². The molecule has 2 N–H and O–H groups in total. The fraction of sp³-hybridized carbons (Fsp3) is 0.444. The molecule has 7 nitrogen and oxygen atoms in total. The van der Waals surface area contributed by atoms with Crippen LogP contribution in [0.2, 0.25) is 0 Å². The topological polar surface area (TPSA) is 95.4 Å². The van der Waals surface area contributed by atoms with Crippen LogP contribution in [0, 0.1) is 6.92 Å². The van der Waals surface area contributed by atoms with E-state index in [1.165, 1.54) is 11.3 Å². The van der Waals surface area contributed by atoms with Crippen molar-refractivity contribution in [1.29, 1.82) is 0 Å². The molecule has 0 bridgehead atoms. The van der Waals surface area contributed by atoms with Crippen LogP contribution in [0.25, 0.3) is 0 Å². The number of nitrogens with zero attached hydrogens (tertiary/aromatic N) is 3. The maximum absolute atomic E-state index is 12.5. The van der Waals surface area contributed by atoms with E-state index in [0.717, 1.165) is 10.7 Å². The van der Waals surface area contributed by atoms with Gasteiger partial charge < -0.3 is 15.3 Å². The molecule has 2 aromatic heterocycles. The number of piperidine rings is 1. The van der Waals surface area contributed by atoms with Gasteiger partial charge in [-0.3, -0.25) is 14.6 Å². The highest BCUT2D eigenvalue weighted by molar-refractivity contribution is 7.13. The highest BCUT2D eigenvalue weighted by atomic mass is 32.1. The number of rotatable bonds is 4. The summed E-state index contributed by atoms with van der Waals surface area (Å²) in [5.74, 6) is -0.415. The third-order valence-electron chi connectivity index (χ3n) is 4.42. The number of aliphatic hydroxyl groups excluding tert-OH is 1. The molecule has 1 fully saturated rings. The van der Waals surface area contributed by atoms with Crippen LogP contribution in [0.15, 0.2) is 24.4 Å².